The molecule has 0 aliphatic heterocycles. The van der Waals surface area contributed by atoms with Crippen molar-refractivity contribution in [1.29, 1.82) is 0 Å². The van der Waals surface area contributed by atoms with Gasteiger partial charge in [-0.15, -0.1) is 0 Å². The highest BCUT2D eigenvalue weighted by atomic mass is 16.5. The molecule has 0 unspecified atom stereocenters. The van der Waals surface area contributed by atoms with E-state index in [9.17, 15) is 9.59 Å². The van der Waals surface area contributed by atoms with Gasteiger partial charge in [-0.05, 0) is 19.8 Å². The van der Waals surface area contributed by atoms with E-state index in [1.165, 1.54) is 6.92 Å². The predicted molar refractivity (Wildman–Crippen MR) is 68.8 cm³/mol. The maximum absolute atomic E-state index is 11.0. The Morgan fingerprint density at radius 2 is 1.59 bits per heavy atom. The average Bonchev–Trinajstić information content (AvgIpc) is 2.33. The Morgan fingerprint density at radius 3 is 2.06 bits per heavy atom. The van der Waals surface area contributed by atoms with Gasteiger partial charge in [0.25, 0.3) is 0 Å². The van der Waals surface area contributed by atoms with E-state index in [1.807, 2.05) is 20.8 Å². The van der Waals surface area contributed by atoms with Crippen LogP contribution in [0.5, 0.6) is 0 Å². The molecule has 0 saturated heterocycles. The topological polar surface area (TPSA) is 67.4 Å². The third-order valence-corrected chi connectivity index (χ3v) is 1.74. The first kappa shape index (κ1) is 18.3. The van der Waals surface area contributed by atoms with Gasteiger partial charge in [0.15, 0.2) is 0 Å². The van der Waals surface area contributed by atoms with E-state index < -0.39 is 0 Å². The quantitative estimate of drug-likeness (QED) is 0.630. The molecular weight excluding hydrogens is 220 g/mol. The summed E-state index contributed by atoms with van der Waals surface area (Å²) in [6.07, 6.45) is 1.73. The fourth-order valence-corrected chi connectivity index (χ4v) is 0.988. The first-order valence-electron chi connectivity index (χ1n) is 6.25. The molecule has 0 radical (unpaired) electrons. The van der Waals surface area contributed by atoms with E-state index in [4.69, 9.17) is 4.74 Å². The lowest BCUT2D eigenvalue weighted by Gasteiger charge is -2.05. The van der Waals surface area contributed by atoms with Crippen LogP contribution in [-0.2, 0) is 14.3 Å². The van der Waals surface area contributed by atoms with Gasteiger partial charge in [0.2, 0.25) is 11.8 Å². The Labute approximate surface area is 104 Å². The molecule has 0 bridgehead atoms. The van der Waals surface area contributed by atoms with Gasteiger partial charge in [0.05, 0.1) is 0 Å². The van der Waals surface area contributed by atoms with Crippen molar-refractivity contribution < 1.29 is 14.3 Å². The van der Waals surface area contributed by atoms with Crippen molar-refractivity contribution in [2.75, 3.05) is 26.3 Å². The first-order chi connectivity index (χ1) is 8.16. The molecule has 0 aromatic carbocycles. The normalized spacial score (nSPS) is 8.94. The van der Waals surface area contributed by atoms with Crippen molar-refractivity contribution >= 4 is 11.8 Å². The van der Waals surface area contributed by atoms with Gasteiger partial charge in [-0.2, -0.15) is 0 Å². The molecule has 0 saturated carbocycles. The minimum Gasteiger partial charge on any atom is -0.372 e. The summed E-state index contributed by atoms with van der Waals surface area (Å²) in [6.45, 7) is 9.31. The SMILES string of the molecule is CC.CCOCC(=O)NCCCCNC(C)=O. The van der Waals surface area contributed by atoms with E-state index in [1.54, 1.807) is 0 Å². The van der Waals surface area contributed by atoms with Crippen LogP contribution in [0.25, 0.3) is 0 Å². The number of hydrogen-bond acceptors (Lipinski definition) is 3. The van der Waals surface area contributed by atoms with Crippen LogP contribution in [0.15, 0.2) is 0 Å². The molecule has 5 heteroatoms. The molecule has 0 aromatic heterocycles. The largest absolute Gasteiger partial charge is 0.372 e. The van der Waals surface area contributed by atoms with Crippen molar-refractivity contribution in [2.24, 2.45) is 0 Å². The summed E-state index contributed by atoms with van der Waals surface area (Å²) in [7, 11) is 0. The maximum atomic E-state index is 11.0. The summed E-state index contributed by atoms with van der Waals surface area (Å²) in [4.78, 5) is 21.5. The van der Waals surface area contributed by atoms with Gasteiger partial charge in [-0.25, -0.2) is 0 Å². The van der Waals surface area contributed by atoms with Gasteiger partial charge < -0.3 is 15.4 Å². The summed E-state index contributed by atoms with van der Waals surface area (Å²) >= 11 is 0. The third kappa shape index (κ3) is 17.5. The number of carbonyl (C=O) groups excluding carboxylic acids is 2. The number of amides is 2. The van der Waals surface area contributed by atoms with Crippen LogP contribution in [0.1, 0.15) is 40.5 Å². The van der Waals surface area contributed by atoms with Gasteiger partial charge >= 0.3 is 0 Å². The number of rotatable bonds is 8. The second kappa shape index (κ2) is 14.9. The molecule has 0 aromatic rings. The van der Waals surface area contributed by atoms with E-state index in [0.717, 1.165) is 12.8 Å². The van der Waals surface area contributed by atoms with Crippen molar-refractivity contribution in [3.8, 4) is 0 Å². The molecule has 5 nitrogen and oxygen atoms in total. The van der Waals surface area contributed by atoms with Crippen LogP contribution in [-0.4, -0.2) is 38.1 Å². The Hall–Kier alpha value is -1.10. The van der Waals surface area contributed by atoms with E-state index >= 15 is 0 Å². The van der Waals surface area contributed by atoms with Crippen molar-refractivity contribution in [3.05, 3.63) is 0 Å². The van der Waals surface area contributed by atoms with Gasteiger partial charge in [-0.3, -0.25) is 9.59 Å². The van der Waals surface area contributed by atoms with E-state index in [2.05, 4.69) is 10.6 Å². The molecule has 0 aliphatic carbocycles. The summed E-state index contributed by atoms with van der Waals surface area (Å²) in [5.74, 6) is -0.105. The number of unbranched alkanes of at least 4 members (excludes halogenated alkanes) is 1. The van der Waals surface area contributed by atoms with Crippen molar-refractivity contribution in [2.45, 2.75) is 40.5 Å². The second-order valence-electron chi connectivity index (χ2n) is 3.18. The highest BCUT2D eigenvalue weighted by Crippen LogP contribution is 1.85. The summed E-state index contributed by atoms with van der Waals surface area (Å²) in [5, 5.41) is 5.42. The smallest absolute Gasteiger partial charge is 0.245 e. The maximum Gasteiger partial charge on any atom is 0.245 e. The Kier molecular flexibility index (Phi) is 16.0. The van der Waals surface area contributed by atoms with Crippen LogP contribution >= 0.6 is 0 Å². The van der Waals surface area contributed by atoms with Gasteiger partial charge in [0, 0.05) is 26.6 Å². The Balaban J connectivity index is 0. The first-order valence-corrected chi connectivity index (χ1v) is 6.25. The Bertz CT molecular complexity index is 196. The van der Waals surface area contributed by atoms with Crippen LogP contribution in [0.3, 0.4) is 0 Å². The zero-order chi connectivity index (χ0) is 13.5. The summed E-state index contributed by atoms with van der Waals surface area (Å²) in [5.41, 5.74) is 0. The molecule has 2 amide bonds. The molecule has 17 heavy (non-hydrogen) atoms. The number of carbonyl (C=O) groups is 2. The molecule has 0 atom stereocenters. The third-order valence-electron chi connectivity index (χ3n) is 1.74. The standard InChI is InChI=1S/C10H20N2O3.C2H6/c1-3-15-8-10(14)12-7-5-4-6-11-9(2)13;1-2/h3-8H2,1-2H3,(H,11,13)(H,12,14);1-2H3. The van der Waals surface area contributed by atoms with E-state index in [0.29, 0.717) is 19.7 Å². The molecule has 0 fully saturated rings. The fourth-order valence-electron chi connectivity index (χ4n) is 0.988. The van der Waals surface area contributed by atoms with Crippen LogP contribution < -0.4 is 10.6 Å². The molecule has 0 aliphatic rings. The zero-order valence-corrected chi connectivity index (χ0v) is 11.5. The highest BCUT2D eigenvalue weighted by Gasteiger charge is 1.98. The fraction of sp³-hybridized carbons (Fsp3) is 0.833. The minimum absolute atomic E-state index is 0.0182. The van der Waals surface area contributed by atoms with Crippen molar-refractivity contribution in [1.82, 2.24) is 10.6 Å². The molecule has 0 heterocycles. The average molecular weight is 246 g/mol. The number of nitrogens with one attached hydrogen (secondary N) is 2. The molecular formula is C12H26N2O3. The van der Waals surface area contributed by atoms with Crippen LogP contribution in [0.2, 0.25) is 0 Å². The monoisotopic (exact) mass is 246 g/mol. The minimum atomic E-state index is -0.0867. The zero-order valence-electron chi connectivity index (χ0n) is 11.5. The van der Waals surface area contributed by atoms with E-state index in [-0.39, 0.29) is 18.4 Å². The second-order valence-corrected chi connectivity index (χ2v) is 3.18. The molecule has 2 N–H and O–H groups in total. The van der Waals surface area contributed by atoms with Crippen molar-refractivity contribution in [3.63, 3.8) is 0 Å². The summed E-state index contributed by atoms with van der Waals surface area (Å²) in [6, 6.07) is 0. The summed E-state index contributed by atoms with van der Waals surface area (Å²) < 4.78 is 4.94. The van der Waals surface area contributed by atoms with Gasteiger partial charge in [0.1, 0.15) is 6.61 Å². The molecule has 0 rings (SSSR count). The van der Waals surface area contributed by atoms with Crippen LogP contribution in [0.4, 0.5) is 0 Å². The Morgan fingerprint density at radius 1 is 1.06 bits per heavy atom. The lowest BCUT2D eigenvalue weighted by Crippen LogP contribution is -2.29. The molecule has 102 valence electrons. The number of hydrogen-bond donors (Lipinski definition) is 2. The van der Waals surface area contributed by atoms with Gasteiger partial charge in [-0.1, -0.05) is 13.8 Å². The lowest BCUT2D eigenvalue weighted by molar-refractivity contribution is -0.125. The lowest BCUT2D eigenvalue weighted by atomic mass is 10.3. The highest BCUT2D eigenvalue weighted by molar-refractivity contribution is 5.77. The van der Waals surface area contributed by atoms with Crippen LogP contribution in [0, 0.1) is 0 Å². The molecule has 0 spiro atoms. The number of ether oxygens (including phenoxy) is 1. The predicted octanol–water partition coefficient (Wildman–Crippen LogP) is 1.08.